The van der Waals surface area contributed by atoms with E-state index in [1.165, 1.54) is 11.1 Å². The molecular formula is C22H24ClN5OS. The summed E-state index contributed by atoms with van der Waals surface area (Å²) in [4.78, 5) is 20.3. The third kappa shape index (κ3) is 3.69. The average Bonchev–Trinajstić information content (AvgIpc) is 3.37. The molecule has 1 aromatic carbocycles. The molecule has 0 bridgehead atoms. The first-order valence-corrected chi connectivity index (χ1v) is 10.8. The summed E-state index contributed by atoms with van der Waals surface area (Å²) in [5.41, 5.74) is 7.03. The molecule has 8 heteroatoms. The van der Waals surface area contributed by atoms with Crippen molar-refractivity contribution in [2.45, 2.75) is 32.6 Å². The van der Waals surface area contributed by atoms with Gasteiger partial charge in [0.15, 0.2) is 0 Å². The number of aromatic amines is 1. The van der Waals surface area contributed by atoms with Gasteiger partial charge in [-0.3, -0.25) is 4.79 Å². The molecule has 1 fully saturated rings. The molecule has 0 saturated carbocycles. The molecule has 1 aliphatic heterocycles. The van der Waals surface area contributed by atoms with E-state index in [0.717, 1.165) is 59.1 Å². The Morgan fingerprint density at radius 3 is 2.73 bits per heavy atom. The zero-order chi connectivity index (χ0) is 20.0. The topological polar surface area (TPSA) is 75.1 Å². The van der Waals surface area contributed by atoms with Gasteiger partial charge >= 0.3 is 0 Å². The summed E-state index contributed by atoms with van der Waals surface area (Å²) in [5, 5.41) is 10.9. The van der Waals surface area contributed by atoms with E-state index >= 15 is 0 Å². The van der Waals surface area contributed by atoms with Crippen LogP contribution in [0.2, 0.25) is 0 Å². The molecule has 0 amide bonds. The number of piperidine rings is 1. The second-order valence-electron chi connectivity index (χ2n) is 7.76. The first-order chi connectivity index (χ1) is 14.1. The van der Waals surface area contributed by atoms with Crippen molar-refractivity contribution < 1.29 is 0 Å². The highest BCUT2D eigenvalue weighted by Crippen LogP contribution is 2.33. The van der Waals surface area contributed by atoms with Crippen LogP contribution in [0.15, 0.2) is 40.6 Å². The number of hydrogen-bond donors (Lipinski definition) is 2. The van der Waals surface area contributed by atoms with Gasteiger partial charge in [0.05, 0.1) is 23.1 Å². The molecule has 30 heavy (non-hydrogen) atoms. The van der Waals surface area contributed by atoms with Crippen molar-refractivity contribution in [3.63, 3.8) is 0 Å². The highest BCUT2D eigenvalue weighted by molar-refractivity contribution is 7.13. The normalized spacial score (nSPS) is 14.7. The molecule has 1 saturated heterocycles. The Bertz CT molecular complexity index is 1250. The summed E-state index contributed by atoms with van der Waals surface area (Å²) < 4.78 is 1.89. The maximum Gasteiger partial charge on any atom is 0.251 e. The minimum atomic E-state index is -0.0842. The van der Waals surface area contributed by atoms with Gasteiger partial charge in [0, 0.05) is 22.9 Å². The van der Waals surface area contributed by atoms with Gasteiger partial charge in [0.2, 0.25) is 0 Å². The Hall–Kier alpha value is -2.48. The summed E-state index contributed by atoms with van der Waals surface area (Å²) in [6.07, 6.45) is 3.85. The van der Waals surface area contributed by atoms with Crippen LogP contribution in [0.4, 0.5) is 0 Å². The van der Waals surface area contributed by atoms with Gasteiger partial charge in [-0.25, -0.2) is 9.50 Å². The van der Waals surface area contributed by atoms with Crippen LogP contribution < -0.4 is 10.9 Å². The van der Waals surface area contributed by atoms with Crippen molar-refractivity contribution in [2.75, 3.05) is 13.1 Å². The second kappa shape index (κ2) is 8.34. The molecule has 156 valence electrons. The van der Waals surface area contributed by atoms with Crippen molar-refractivity contribution in [3.8, 4) is 21.8 Å². The van der Waals surface area contributed by atoms with Gasteiger partial charge in [-0.15, -0.1) is 23.7 Å². The fraction of sp³-hybridized carbons (Fsp3) is 0.318. The van der Waals surface area contributed by atoms with Crippen LogP contribution in [0.5, 0.6) is 0 Å². The molecule has 5 rings (SSSR count). The molecule has 2 N–H and O–H groups in total. The SMILES string of the molecule is Cc1ccc(C)c(-c2csc(-c3cnn4c(C5CCNCC5)cc(=O)[nH]c34)n2)c1.Cl. The number of halogens is 1. The van der Waals surface area contributed by atoms with E-state index < -0.39 is 0 Å². The van der Waals surface area contributed by atoms with Gasteiger partial charge in [-0.1, -0.05) is 17.7 Å². The highest BCUT2D eigenvalue weighted by Gasteiger charge is 2.21. The second-order valence-corrected chi connectivity index (χ2v) is 8.62. The standard InChI is InChI=1S/C22H23N5OS.ClH/c1-13-3-4-14(2)16(9-13)18-12-29-22(25-18)17-11-24-27-19(10-20(28)26-21(17)27)15-5-7-23-8-6-15;/h3-4,9-12,15,23H,5-8H2,1-2H3,(H,26,28);1H. The Morgan fingerprint density at radius 1 is 1.13 bits per heavy atom. The van der Waals surface area contributed by atoms with Crippen LogP contribution in [0, 0.1) is 13.8 Å². The summed E-state index contributed by atoms with van der Waals surface area (Å²) in [5.74, 6) is 0.343. The molecule has 4 heterocycles. The largest absolute Gasteiger partial charge is 0.317 e. The van der Waals surface area contributed by atoms with Gasteiger partial charge in [-0.2, -0.15) is 5.10 Å². The number of aromatic nitrogens is 4. The first kappa shape index (κ1) is 20.8. The molecule has 6 nitrogen and oxygen atoms in total. The minimum Gasteiger partial charge on any atom is -0.317 e. The summed E-state index contributed by atoms with van der Waals surface area (Å²) in [6, 6.07) is 8.11. The zero-order valence-corrected chi connectivity index (χ0v) is 18.6. The van der Waals surface area contributed by atoms with E-state index in [4.69, 9.17) is 4.98 Å². The number of benzene rings is 1. The predicted molar refractivity (Wildman–Crippen MR) is 124 cm³/mol. The maximum absolute atomic E-state index is 12.4. The Labute approximate surface area is 184 Å². The minimum absolute atomic E-state index is 0. The Morgan fingerprint density at radius 2 is 1.93 bits per heavy atom. The zero-order valence-electron chi connectivity index (χ0n) is 16.9. The molecule has 0 unspecified atom stereocenters. The predicted octanol–water partition coefficient (Wildman–Crippen LogP) is 4.32. The third-order valence-electron chi connectivity index (χ3n) is 5.70. The monoisotopic (exact) mass is 441 g/mol. The van der Waals surface area contributed by atoms with Crippen molar-refractivity contribution in [1.29, 1.82) is 0 Å². The summed E-state index contributed by atoms with van der Waals surface area (Å²) >= 11 is 1.58. The third-order valence-corrected chi connectivity index (χ3v) is 6.57. The number of fused-ring (bicyclic) bond motifs is 1. The maximum atomic E-state index is 12.4. The molecule has 4 aromatic rings. The smallest absolute Gasteiger partial charge is 0.251 e. The van der Waals surface area contributed by atoms with E-state index in [0.29, 0.717) is 5.92 Å². The molecule has 0 atom stereocenters. The van der Waals surface area contributed by atoms with E-state index in [-0.39, 0.29) is 18.0 Å². The van der Waals surface area contributed by atoms with E-state index in [1.807, 2.05) is 10.7 Å². The van der Waals surface area contributed by atoms with Gasteiger partial charge < -0.3 is 10.3 Å². The molecular weight excluding hydrogens is 418 g/mol. The van der Waals surface area contributed by atoms with E-state index in [9.17, 15) is 4.79 Å². The molecule has 1 aliphatic rings. The Kier molecular flexibility index (Phi) is 5.77. The molecule has 3 aromatic heterocycles. The number of H-pyrrole nitrogens is 1. The molecule has 0 spiro atoms. The van der Waals surface area contributed by atoms with Crippen molar-refractivity contribution in [3.05, 3.63) is 63.0 Å². The van der Waals surface area contributed by atoms with Gasteiger partial charge in [0.25, 0.3) is 5.56 Å². The number of aryl methyl sites for hydroxylation is 2. The number of hydrogen-bond acceptors (Lipinski definition) is 5. The number of nitrogens with one attached hydrogen (secondary N) is 2. The van der Waals surface area contributed by atoms with E-state index in [2.05, 4.69) is 52.8 Å². The van der Waals surface area contributed by atoms with Gasteiger partial charge in [-0.05, 0) is 51.4 Å². The van der Waals surface area contributed by atoms with Crippen molar-refractivity contribution in [1.82, 2.24) is 24.9 Å². The van der Waals surface area contributed by atoms with Crippen LogP contribution >= 0.6 is 23.7 Å². The fourth-order valence-corrected chi connectivity index (χ4v) is 4.94. The number of rotatable bonds is 3. The molecule has 0 aliphatic carbocycles. The lowest BCUT2D eigenvalue weighted by Crippen LogP contribution is -2.28. The van der Waals surface area contributed by atoms with E-state index in [1.54, 1.807) is 17.4 Å². The first-order valence-electron chi connectivity index (χ1n) is 9.95. The summed E-state index contributed by atoms with van der Waals surface area (Å²) in [6.45, 7) is 6.14. The lowest BCUT2D eigenvalue weighted by Gasteiger charge is -2.23. The lowest BCUT2D eigenvalue weighted by molar-refractivity contribution is 0.446. The van der Waals surface area contributed by atoms with Crippen molar-refractivity contribution >= 4 is 29.4 Å². The van der Waals surface area contributed by atoms with Gasteiger partial charge in [0.1, 0.15) is 10.7 Å². The number of thiazole rings is 1. The summed E-state index contributed by atoms with van der Waals surface area (Å²) in [7, 11) is 0. The van der Waals surface area contributed by atoms with Crippen LogP contribution in [-0.4, -0.2) is 32.7 Å². The van der Waals surface area contributed by atoms with Crippen LogP contribution in [0.3, 0.4) is 0 Å². The Balaban J connectivity index is 0.00000218. The lowest BCUT2D eigenvalue weighted by atomic mass is 9.94. The van der Waals surface area contributed by atoms with Crippen LogP contribution in [0.1, 0.15) is 35.6 Å². The quantitative estimate of drug-likeness (QED) is 0.496. The van der Waals surface area contributed by atoms with Crippen molar-refractivity contribution in [2.24, 2.45) is 0 Å². The average molecular weight is 442 g/mol. The van der Waals surface area contributed by atoms with Crippen LogP contribution in [0.25, 0.3) is 27.5 Å². The highest BCUT2D eigenvalue weighted by atomic mass is 35.5. The van der Waals surface area contributed by atoms with Crippen LogP contribution in [-0.2, 0) is 0 Å². The molecule has 0 radical (unpaired) electrons. The number of nitrogens with zero attached hydrogens (tertiary/aromatic N) is 3. The fourth-order valence-electron chi connectivity index (χ4n) is 4.11.